The molecule has 1 nitrogen and oxygen atoms in total. The second kappa shape index (κ2) is 5.96. The summed E-state index contributed by atoms with van der Waals surface area (Å²) in [6.07, 6.45) is 0.609. The molecule has 21 heavy (non-hydrogen) atoms. The number of rotatable bonds is 3. The fourth-order valence-corrected chi connectivity index (χ4v) is 2.91. The highest BCUT2D eigenvalue weighted by molar-refractivity contribution is 9.10. The number of hydrogen-bond donors (Lipinski definition) is 1. The lowest BCUT2D eigenvalue weighted by Crippen LogP contribution is -2.15. The van der Waals surface area contributed by atoms with E-state index in [9.17, 15) is 4.39 Å². The molecule has 3 aromatic rings. The van der Waals surface area contributed by atoms with Gasteiger partial charge in [0, 0.05) is 16.1 Å². The number of benzene rings is 3. The average Bonchev–Trinajstić information content (AvgIpc) is 2.49. The van der Waals surface area contributed by atoms with Gasteiger partial charge in [0.1, 0.15) is 5.82 Å². The van der Waals surface area contributed by atoms with Crippen molar-refractivity contribution < 1.29 is 4.39 Å². The van der Waals surface area contributed by atoms with E-state index in [1.54, 1.807) is 12.1 Å². The molecule has 1 unspecified atom stereocenters. The molecule has 3 rings (SSSR count). The monoisotopic (exact) mass is 343 g/mol. The van der Waals surface area contributed by atoms with Gasteiger partial charge in [-0.25, -0.2) is 4.39 Å². The van der Waals surface area contributed by atoms with Crippen LogP contribution in [0.5, 0.6) is 0 Å². The van der Waals surface area contributed by atoms with Gasteiger partial charge in [0.25, 0.3) is 0 Å². The summed E-state index contributed by atoms with van der Waals surface area (Å²) in [6.45, 7) is 0. The number of fused-ring (bicyclic) bond motifs is 1. The summed E-state index contributed by atoms with van der Waals surface area (Å²) >= 11 is 3.36. The van der Waals surface area contributed by atoms with Crippen LogP contribution >= 0.6 is 15.9 Å². The Morgan fingerprint density at radius 3 is 2.52 bits per heavy atom. The van der Waals surface area contributed by atoms with Gasteiger partial charge in [-0.1, -0.05) is 58.4 Å². The van der Waals surface area contributed by atoms with Crippen molar-refractivity contribution >= 4 is 26.7 Å². The average molecular weight is 344 g/mol. The molecule has 0 aliphatic rings. The summed E-state index contributed by atoms with van der Waals surface area (Å²) in [5.41, 5.74) is 7.83. The number of nitrogens with two attached hydrogens (primary N) is 1. The van der Waals surface area contributed by atoms with Crippen LogP contribution in [0.15, 0.2) is 65.1 Å². The zero-order valence-electron chi connectivity index (χ0n) is 11.4. The maximum Gasteiger partial charge on any atom is 0.128 e. The fraction of sp³-hybridized carbons (Fsp3) is 0.111. The van der Waals surface area contributed by atoms with E-state index < -0.39 is 0 Å². The number of halogens is 2. The molecular formula is C18H15BrFN. The van der Waals surface area contributed by atoms with Crippen LogP contribution in [0.2, 0.25) is 0 Å². The minimum Gasteiger partial charge on any atom is -0.324 e. The first kappa shape index (κ1) is 14.2. The Morgan fingerprint density at radius 1 is 0.952 bits per heavy atom. The van der Waals surface area contributed by atoms with Crippen molar-refractivity contribution in [2.45, 2.75) is 12.5 Å². The Hall–Kier alpha value is -1.71. The third-order valence-electron chi connectivity index (χ3n) is 3.63. The van der Waals surface area contributed by atoms with Crippen LogP contribution in [0.25, 0.3) is 10.8 Å². The van der Waals surface area contributed by atoms with Gasteiger partial charge in [0.2, 0.25) is 0 Å². The van der Waals surface area contributed by atoms with Crippen LogP contribution in [-0.4, -0.2) is 0 Å². The predicted molar refractivity (Wildman–Crippen MR) is 88.7 cm³/mol. The standard InChI is InChI=1S/C18H15BrFN/c19-15-7-8-17(20)16(11-15)18(21)10-12-5-6-13-3-1-2-4-14(13)9-12/h1-9,11,18H,10,21H2. The van der Waals surface area contributed by atoms with Crippen molar-refractivity contribution in [1.29, 1.82) is 0 Å². The van der Waals surface area contributed by atoms with Gasteiger partial charge in [-0.3, -0.25) is 0 Å². The van der Waals surface area contributed by atoms with Gasteiger partial charge < -0.3 is 5.73 Å². The smallest absolute Gasteiger partial charge is 0.128 e. The Bertz CT molecular complexity index is 785. The lowest BCUT2D eigenvalue weighted by atomic mass is 9.97. The second-order valence-electron chi connectivity index (χ2n) is 5.16. The Labute approximate surface area is 131 Å². The van der Waals surface area contributed by atoms with Crippen LogP contribution in [0.4, 0.5) is 4.39 Å². The van der Waals surface area contributed by atoms with E-state index in [1.807, 2.05) is 12.1 Å². The molecule has 0 spiro atoms. The molecular weight excluding hydrogens is 329 g/mol. The number of hydrogen-bond acceptors (Lipinski definition) is 1. The quantitative estimate of drug-likeness (QED) is 0.712. The fourth-order valence-electron chi connectivity index (χ4n) is 2.53. The summed E-state index contributed by atoms with van der Waals surface area (Å²) in [5.74, 6) is -0.258. The maximum atomic E-state index is 13.9. The van der Waals surface area contributed by atoms with Crippen LogP contribution in [0.3, 0.4) is 0 Å². The molecule has 3 heteroatoms. The Morgan fingerprint density at radius 2 is 1.71 bits per heavy atom. The minimum atomic E-state index is -0.358. The van der Waals surface area contributed by atoms with Crippen molar-refractivity contribution in [3.63, 3.8) is 0 Å². The third-order valence-corrected chi connectivity index (χ3v) is 4.12. The first-order valence-electron chi connectivity index (χ1n) is 6.82. The van der Waals surface area contributed by atoms with Gasteiger partial charge in [-0.15, -0.1) is 0 Å². The lowest BCUT2D eigenvalue weighted by molar-refractivity contribution is 0.580. The molecule has 0 amide bonds. The first-order chi connectivity index (χ1) is 10.1. The van der Waals surface area contributed by atoms with Gasteiger partial charge in [0.05, 0.1) is 0 Å². The highest BCUT2D eigenvalue weighted by Gasteiger charge is 2.13. The molecule has 0 aliphatic carbocycles. The maximum absolute atomic E-state index is 13.9. The molecule has 0 heterocycles. The summed E-state index contributed by atoms with van der Waals surface area (Å²) < 4.78 is 14.7. The molecule has 0 bridgehead atoms. The summed E-state index contributed by atoms with van der Waals surface area (Å²) in [4.78, 5) is 0. The summed E-state index contributed by atoms with van der Waals surface area (Å²) in [5, 5.41) is 2.38. The molecule has 1 atom stereocenters. The van der Waals surface area contributed by atoms with Gasteiger partial charge in [-0.05, 0) is 41.0 Å². The SMILES string of the molecule is NC(Cc1ccc2ccccc2c1)c1cc(Br)ccc1F. The second-order valence-corrected chi connectivity index (χ2v) is 6.07. The predicted octanol–water partition coefficient (Wildman–Crippen LogP) is 4.98. The molecule has 0 radical (unpaired) electrons. The Balaban J connectivity index is 1.88. The topological polar surface area (TPSA) is 26.0 Å². The summed E-state index contributed by atoms with van der Waals surface area (Å²) in [7, 11) is 0. The van der Waals surface area contributed by atoms with Crippen LogP contribution < -0.4 is 5.73 Å². The lowest BCUT2D eigenvalue weighted by Gasteiger charge is -2.14. The van der Waals surface area contributed by atoms with Crippen LogP contribution in [0, 0.1) is 5.82 Å². The van der Waals surface area contributed by atoms with Crippen molar-refractivity contribution in [1.82, 2.24) is 0 Å². The van der Waals surface area contributed by atoms with Crippen molar-refractivity contribution in [2.24, 2.45) is 5.73 Å². The van der Waals surface area contributed by atoms with E-state index in [2.05, 4.69) is 46.3 Å². The highest BCUT2D eigenvalue weighted by atomic mass is 79.9. The zero-order chi connectivity index (χ0) is 14.8. The van der Waals surface area contributed by atoms with E-state index >= 15 is 0 Å². The van der Waals surface area contributed by atoms with Gasteiger partial charge in [0.15, 0.2) is 0 Å². The zero-order valence-corrected chi connectivity index (χ0v) is 13.0. The third kappa shape index (κ3) is 3.14. The first-order valence-corrected chi connectivity index (χ1v) is 7.61. The van der Waals surface area contributed by atoms with E-state index in [0.29, 0.717) is 12.0 Å². The molecule has 106 valence electrons. The molecule has 0 saturated heterocycles. The van der Waals surface area contributed by atoms with Crippen LogP contribution in [0.1, 0.15) is 17.2 Å². The molecule has 0 saturated carbocycles. The molecule has 0 aromatic heterocycles. The largest absolute Gasteiger partial charge is 0.324 e. The molecule has 2 N–H and O–H groups in total. The Kier molecular flexibility index (Phi) is 4.04. The van der Waals surface area contributed by atoms with Gasteiger partial charge >= 0.3 is 0 Å². The highest BCUT2D eigenvalue weighted by Crippen LogP contribution is 2.24. The minimum absolute atomic E-state index is 0.258. The van der Waals surface area contributed by atoms with Crippen molar-refractivity contribution in [3.8, 4) is 0 Å². The molecule has 3 aromatic carbocycles. The van der Waals surface area contributed by atoms with Gasteiger partial charge in [-0.2, -0.15) is 0 Å². The van der Waals surface area contributed by atoms with E-state index in [-0.39, 0.29) is 11.9 Å². The molecule has 0 aliphatic heterocycles. The van der Waals surface area contributed by atoms with E-state index in [1.165, 1.54) is 16.8 Å². The van der Waals surface area contributed by atoms with Crippen molar-refractivity contribution in [3.05, 3.63) is 82.1 Å². The van der Waals surface area contributed by atoms with Crippen LogP contribution in [-0.2, 0) is 6.42 Å². The summed E-state index contributed by atoms with van der Waals surface area (Å²) in [6, 6.07) is 18.9. The van der Waals surface area contributed by atoms with E-state index in [0.717, 1.165) is 10.0 Å². The normalized spacial score (nSPS) is 12.5. The van der Waals surface area contributed by atoms with Crippen molar-refractivity contribution in [2.75, 3.05) is 0 Å². The van der Waals surface area contributed by atoms with E-state index in [4.69, 9.17) is 5.73 Å². The molecule has 0 fully saturated rings.